The van der Waals surface area contributed by atoms with E-state index in [1.165, 1.54) is 24.6 Å². The van der Waals surface area contributed by atoms with Gasteiger partial charge in [-0.1, -0.05) is 57.5 Å². The number of carbonyl (C=O) groups excluding carboxylic acids is 1. The van der Waals surface area contributed by atoms with Crippen molar-refractivity contribution in [3.63, 3.8) is 0 Å². The first kappa shape index (κ1) is 19.9. The van der Waals surface area contributed by atoms with Gasteiger partial charge in [-0.3, -0.25) is 14.2 Å². The standard InChI is InChI=1S/C21H29N3O2S/c1-4-12-24-20(26)16-9-5-6-10-18(16)23-21(24)27-13-19(25)22-17-11-7-8-14(2)15(17)3/h5-6,9-10,14-15,17H,4,7-8,11-13H2,1-3H3,(H,22,25)/t14-,15+,17+/m1/s1. The van der Waals surface area contributed by atoms with Crippen molar-refractivity contribution in [2.45, 2.75) is 64.2 Å². The van der Waals surface area contributed by atoms with Gasteiger partial charge in [0, 0.05) is 12.6 Å². The molecule has 0 saturated heterocycles. The van der Waals surface area contributed by atoms with E-state index >= 15 is 0 Å². The second-order valence-electron chi connectivity index (χ2n) is 7.60. The third-order valence-electron chi connectivity index (χ3n) is 5.66. The predicted octanol–water partition coefficient (Wildman–Crippen LogP) is 3.84. The van der Waals surface area contributed by atoms with Gasteiger partial charge in [-0.15, -0.1) is 0 Å². The Kier molecular flexibility index (Phi) is 6.58. The second-order valence-corrected chi connectivity index (χ2v) is 8.54. The van der Waals surface area contributed by atoms with Crippen LogP contribution in [0, 0.1) is 11.8 Å². The van der Waals surface area contributed by atoms with Crippen molar-refractivity contribution in [3.8, 4) is 0 Å². The Balaban J connectivity index is 1.73. The largest absolute Gasteiger partial charge is 0.352 e. The van der Waals surface area contributed by atoms with E-state index in [0.717, 1.165) is 12.8 Å². The summed E-state index contributed by atoms with van der Waals surface area (Å²) in [5, 5.41) is 4.45. The Labute approximate surface area is 164 Å². The Morgan fingerprint density at radius 2 is 2.07 bits per heavy atom. The van der Waals surface area contributed by atoms with Crippen LogP contribution in [0.15, 0.2) is 34.2 Å². The lowest BCUT2D eigenvalue weighted by Gasteiger charge is -2.34. The van der Waals surface area contributed by atoms with Gasteiger partial charge in [0.1, 0.15) is 0 Å². The summed E-state index contributed by atoms with van der Waals surface area (Å²) < 4.78 is 1.70. The lowest BCUT2D eigenvalue weighted by molar-refractivity contribution is -0.120. The van der Waals surface area contributed by atoms with Crippen LogP contribution in [0.2, 0.25) is 0 Å². The molecule has 1 N–H and O–H groups in total. The molecule has 0 spiro atoms. The highest BCUT2D eigenvalue weighted by Gasteiger charge is 2.28. The number of aromatic nitrogens is 2. The summed E-state index contributed by atoms with van der Waals surface area (Å²) in [6.45, 7) is 7.14. The van der Waals surface area contributed by atoms with Crippen molar-refractivity contribution < 1.29 is 4.79 Å². The van der Waals surface area contributed by atoms with Gasteiger partial charge in [-0.2, -0.15) is 0 Å². The molecular weight excluding hydrogens is 358 g/mol. The molecule has 1 aliphatic carbocycles. The average Bonchev–Trinajstić information content (AvgIpc) is 2.66. The van der Waals surface area contributed by atoms with Gasteiger partial charge < -0.3 is 5.32 Å². The van der Waals surface area contributed by atoms with E-state index < -0.39 is 0 Å². The maximum absolute atomic E-state index is 12.8. The van der Waals surface area contributed by atoms with E-state index in [-0.39, 0.29) is 23.3 Å². The summed E-state index contributed by atoms with van der Waals surface area (Å²) >= 11 is 1.35. The van der Waals surface area contributed by atoms with Crippen LogP contribution in [0.3, 0.4) is 0 Å². The summed E-state index contributed by atoms with van der Waals surface area (Å²) in [6.07, 6.45) is 4.31. The molecule has 0 unspecified atom stereocenters. The lowest BCUT2D eigenvalue weighted by atomic mass is 9.78. The average molecular weight is 388 g/mol. The van der Waals surface area contributed by atoms with Crippen molar-refractivity contribution in [3.05, 3.63) is 34.6 Å². The number of carbonyl (C=O) groups is 1. The molecule has 5 nitrogen and oxygen atoms in total. The van der Waals surface area contributed by atoms with Gasteiger partial charge in [-0.25, -0.2) is 4.98 Å². The summed E-state index contributed by atoms with van der Waals surface area (Å²) in [5.74, 6) is 1.46. The van der Waals surface area contributed by atoms with E-state index in [9.17, 15) is 9.59 Å². The van der Waals surface area contributed by atoms with Crippen LogP contribution >= 0.6 is 11.8 Å². The van der Waals surface area contributed by atoms with E-state index in [2.05, 4.69) is 24.1 Å². The monoisotopic (exact) mass is 387 g/mol. The zero-order valence-corrected chi connectivity index (χ0v) is 17.2. The quantitative estimate of drug-likeness (QED) is 0.604. The van der Waals surface area contributed by atoms with Crippen molar-refractivity contribution in [1.29, 1.82) is 0 Å². The number of hydrogen-bond donors (Lipinski definition) is 1. The summed E-state index contributed by atoms with van der Waals surface area (Å²) in [6, 6.07) is 7.65. The minimum absolute atomic E-state index is 0.0245. The van der Waals surface area contributed by atoms with Gasteiger partial charge in [0.2, 0.25) is 5.91 Å². The second kappa shape index (κ2) is 8.91. The number of nitrogens with one attached hydrogen (secondary N) is 1. The fraction of sp³-hybridized carbons (Fsp3) is 0.571. The van der Waals surface area contributed by atoms with E-state index in [1.54, 1.807) is 4.57 Å². The minimum Gasteiger partial charge on any atom is -0.352 e. The maximum Gasteiger partial charge on any atom is 0.262 e. The van der Waals surface area contributed by atoms with Crippen LogP contribution in [0.25, 0.3) is 10.9 Å². The molecule has 1 amide bonds. The molecule has 0 radical (unpaired) electrons. The Morgan fingerprint density at radius 1 is 1.30 bits per heavy atom. The number of amides is 1. The minimum atomic E-state index is -0.0277. The highest BCUT2D eigenvalue weighted by atomic mass is 32.2. The molecule has 1 aromatic heterocycles. The van der Waals surface area contributed by atoms with Crippen molar-refractivity contribution in [2.24, 2.45) is 11.8 Å². The van der Waals surface area contributed by atoms with Crippen LogP contribution in [0.1, 0.15) is 46.5 Å². The highest BCUT2D eigenvalue weighted by molar-refractivity contribution is 7.99. The molecule has 27 heavy (non-hydrogen) atoms. The molecule has 1 fully saturated rings. The maximum atomic E-state index is 12.8. The number of rotatable bonds is 6. The zero-order chi connectivity index (χ0) is 19.4. The summed E-state index contributed by atoms with van der Waals surface area (Å²) in [4.78, 5) is 29.9. The van der Waals surface area contributed by atoms with Gasteiger partial charge in [-0.05, 0) is 36.8 Å². The number of thioether (sulfide) groups is 1. The van der Waals surface area contributed by atoms with Crippen LogP contribution in [0.5, 0.6) is 0 Å². The molecule has 0 aliphatic heterocycles. The van der Waals surface area contributed by atoms with E-state index in [1.807, 2.05) is 31.2 Å². The normalized spacial score (nSPS) is 22.7. The van der Waals surface area contributed by atoms with E-state index in [4.69, 9.17) is 0 Å². The zero-order valence-electron chi connectivity index (χ0n) is 16.4. The van der Waals surface area contributed by atoms with Gasteiger partial charge in [0.15, 0.2) is 5.16 Å². The SMILES string of the molecule is CCCn1c(SCC(=O)N[C@H]2CCC[C@@H](C)[C@@H]2C)nc2ccccc2c1=O. The van der Waals surface area contributed by atoms with Crippen molar-refractivity contribution >= 4 is 28.6 Å². The number of nitrogens with zero attached hydrogens (tertiary/aromatic N) is 2. The first-order chi connectivity index (χ1) is 13.0. The third-order valence-corrected chi connectivity index (χ3v) is 6.64. The summed E-state index contributed by atoms with van der Waals surface area (Å²) in [7, 11) is 0. The first-order valence-corrected chi connectivity index (χ1v) is 10.9. The van der Waals surface area contributed by atoms with Crippen LogP contribution in [-0.4, -0.2) is 27.3 Å². The fourth-order valence-corrected chi connectivity index (χ4v) is 4.68. The predicted molar refractivity (Wildman–Crippen MR) is 111 cm³/mol. The van der Waals surface area contributed by atoms with E-state index in [0.29, 0.717) is 34.4 Å². The molecule has 0 bridgehead atoms. The number of para-hydroxylation sites is 1. The topological polar surface area (TPSA) is 64.0 Å². The van der Waals surface area contributed by atoms with Gasteiger partial charge in [0.25, 0.3) is 5.56 Å². The Hall–Kier alpha value is -1.82. The van der Waals surface area contributed by atoms with Crippen LogP contribution in [0.4, 0.5) is 0 Å². The molecular formula is C21H29N3O2S. The highest BCUT2D eigenvalue weighted by Crippen LogP contribution is 2.29. The molecule has 1 aliphatic rings. The van der Waals surface area contributed by atoms with Crippen molar-refractivity contribution in [2.75, 3.05) is 5.75 Å². The Morgan fingerprint density at radius 3 is 2.85 bits per heavy atom. The molecule has 3 atom stereocenters. The summed E-state index contributed by atoms with van der Waals surface area (Å²) in [5.41, 5.74) is 0.660. The molecule has 1 heterocycles. The number of fused-ring (bicyclic) bond motifs is 1. The molecule has 3 rings (SSSR count). The van der Waals surface area contributed by atoms with Crippen LogP contribution < -0.4 is 10.9 Å². The fourth-order valence-electron chi connectivity index (χ4n) is 3.84. The number of hydrogen-bond acceptors (Lipinski definition) is 4. The van der Waals surface area contributed by atoms with Crippen LogP contribution in [-0.2, 0) is 11.3 Å². The van der Waals surface area contributed by atoms with Crippen molar-refractivity contribution in [1.82, 2.24) is 14.9 Å². The molecule has 1 saturated carbocycles. The molecule has 2 aromatic rings. The molecule has 6 heteroatoms. The van der Waals surface area contributed by atoms with Gasteiger partial charge >= 0.3 is 0 Å². The number of benzene rings is 1. The third kappa shape index (κ3) is 4.54. The first-order valence-electron chi connectivity index (χ1n) is 9.93. The molecule has 146 valence electrons. The Bertz CT molecular complexity index is 864. The lowest BCUT2D eigenvalue weighted by Crippen LogP contribution is -2.44. The van der Waals surface area contributed by atoms with Gasteiger partial charge in [0.05, 0.1) is 16.7 Å². The smallest absolute Gasteiger partial charge is 0.262 e. The molecule has 1 aromatic carbocycles.